The summed E-state index contributed by atoms with van der Waals surface area (Å²) in [5, 5.41) is 6.66. The quantitative estimate of drug-likeness (QED) is 0.744. The zero-order valence-corrected chi connectivity index (χ0v) is 15.4. The highest BCUT2D eigenvalue weighted by Gasteiger charge is 2.23. The lowest BCUT2D eigenvalue weighted by atomic mass is 10.2. The molecule has 8 nitrogen and oxygen atoms in total. The number of hydrogen-bond acceptors (Lipinski definition) is 7. The highest BCUT2D eigenvalue weighted by Crippen LogP contribution is 2.18. The molecule has 1 aromatic carbocycles. The molecule has 0 bridgehead atoms. The maximum Gasteiger partial charge on any atom is 0.338 e. The summed E-state index contributed by atoms with van der Waals surface area (Å²) in [7, 11) is 0. The van der Waals surface area contributed by atoms with E-state index in [1.54, 1.807) is 38.1 Å². The first-order valence-corrected chi connectivity index (χ1v) is 9.04. The first-order chi connectivity index (χ1) is 13.0. The fourth-order valence-electron chi connectivity index (χ4n) is 2.91. The number of nitrogens with zero attached hydrogens (tertiary/aromatic N) is 2. The summed E-state index contributed by atoms with van der Waals surface area (Å²) < 4.78 is 15.7. The smallest absolute Gasteiger partial charge is 0.338 e. The molecule has 144 valence electrons. The number of esters is 1. The van der Waals surface area contributed by atoms with Crippen LogP contribution in [-0.2, 0) is 16.1 Å². The van der Waals surface area contributed by atoms with E-state index in [-0.39, 0.29) is 18.6 Å². The minimum atomic E-state index is -0.837. The van der Waals surface area contributed by atoms with Crippen LogP contribution in [-0.4, -0.2) is 34.2 Å². The van der Waals surface area contributed by atoms with Gasteiger partial charge in [-0.25, -0.2) is 4.79 Å². The summed E-state index contributed by atoms with van der Waals surface area (Å²) in [6, 6.07) is 6.65. The van der Waals surface area contributed by atoms with Gasteiger partial charge in [0.2, 0.25) is 11.7 Å². The first-order valence-electron chi connectivity index (χ1n) is 9.04. The number of carbonyl (C=O) groups excluding carboxylic acids is 2. The van der Waals surface area contributed by atoms with Crippen molar-refractivity contribution in [3.63, 3.8) is 0 Å². The third-order valence-corrected chi connectivity index (χ3v) is 4.38. The van der Waals surface area contributed by atoms with Gasteiger partial charge in [-0.1, -0.05) is 18.0 Å². The van der Waals surface area contributed by atoms with Crippen LogP contribution < -0.4 is 10.1 Å². The van der Waals surface area contributed by atoms with Crippen LogP contribution in [0.15, 0.2) is 28.8 Å². The molecule has 0 radical (unpaired) electrons. The van der Waals surface area contributed by atoms with Crippen molar-refractivity contribution in [1.82, 2.24) is 15.5 Å². The molecule has 0 saturated heterocycles. The lowest BCUT2D eigenvalue weighted by molar-refractivity contribution is -0.129. The molecular formula is C19H23N3O5. The fraction of sp³-hybridized carbons (Fsp3) is 0.474. The molecule has 1 N–H and O–H groups in total. The maximum absolute atomic E-state index is 12.2. The SMILES string of the molecule is Cc1nc(COc2ccc(C(=O)O[C@H](C)C(=O)NC3CCCC3)cc2)no1. The molecule has 1 aromatic heterocycles. The normalized spacial score (nSPS) is 15.3. The minimum absolute atomic E-state index is 0.166. The monoisotopic (exact) mass is 373 g/mol. The Morgan fingerprint density at radius 2 is 1.96 bits per heavy atom. The summed E-state index contributed by atoms with van der Waals surface area (Å²) in [4.78, 5) is 28.4. The molecule has 3 rings (SSSR count). The van der Waals surface area contributed by atoms with E-state index in [0.717, 1.165) is 25.7 Å². The topological polar surface area (TPSA) is 104 Å². The van der Waals surface area contributed by atoms with Gasteiger partial charge in [0.05, 0.1) is 5.56 Å². The van der Waals surface area contributed by atoms with Crippen LogP contribution in [0.3, 0.4) is 0 Å². The van der Waals surface area contributed by atoms with E-state index < -0.39 is 12.1 Å². The maximum atomic E-state index is 12.2. The number of carbonyl (C=O) groups is 2. The van der Waals surface area contributed by atoms with Gasteiger partial charge in [-0.15, -0.1) is 0 Å². The summed E-state index contributed by atoms with van der Waals surface area (Å²) in [5.74, 6) is 0.659. The van der Waals surface area contributed by atoms with E-state index in [4.69, 9.17) is 14.0 Å². The average Bonchev–Trinajstić information content (AvgIpc) is 3.32. The second-order valence-electron chi connectivity index (χ2n) is 6.58. The molecule has 1 amide bonds. The van der Waals surface area contributed by atoms with Crippen molar-refractivity contribution in [2.24, 2.45) is 0 Å². The molecule has 1 atom stereocenters. The fourth-order valence-corrected chi connectivity index (χ4v) is 2.91. The summed E-state index contributed by atoms with van der Waals surface area (Å²) >= 11 is 0. The van der Waals surface area contributed by atoms with Crippen molar-refractivity contribution in [3.8, 4) is 5.75 Å². The second kappa shape index (κ2) is 8.66. The first kappa shape index (κ1) is 18.9. The third-order valence-electron chi connectivity index (χ3n) is 4.38. The van der Waals surface area contributed by atoms with E-state index in [9.17, 15) is 9.59 Å². The van der Waals surface area contributed by atoms with Gasteiger partial charge < -0.3 is 19.3 Å². The molecule has 1 fully saturated rings. The van der Waals surface area contributed by atoms with Gasteiger partial charge >= 0.3 is 5.97 Å². The molecule has 0 spiro atoms. The predicted molar refractivity (Wildman–Crippen MR) is 95.1 cm³/mol. The number of aryl methyl sites for hydroxylation is 1. The summed E-state index contributed by atoms with van der Waals surface area (Å²) in [5.41, 5.74) is 0.346. The van der Waals surface area contributed by atoms with Gasteiger partial charge in [-0.2, -0.15) is 4.98 Å². The van der Waals surface area contributed by atoms with Gasteiger partial charge in [0.15, 0.2) is 12.7 Å². The largest absolute Gasteiger partial charge is 0.485 e. The van der Waals surface area contributed by atoms with Crippen LogP contribution in [0.4, 0.5) is 0 Å². The molecule has 1 heterocycles. The summed E-state index contributed by atoms with van der Waals surface area (Å²) in [6.45, 7) is 3.44. The van der Waals surface area contributed by atoms with E-state index >= 15 is 0 Å². The molecule has 1 aliphatic carbocycles. The molecule has 2 aromatic rings. The van der Waals surface area contributed by atoms with E-state index in [0.29, 0.717) is 23.0 Å². The van der Waals surface area contributed by atoms with Gasteiger partial charge in [0, 0.05) is 13.0 Å². The lowest BCUT2D eigenvalue weighted by Crippen LogP contribution is -2.40. The Bertz CT molecular complexity index is 781. The van der Waals surface area contributed by atoms with Crippen LogP contribution >= 0.6 is 0 Å². The van der Waals surface area contributed by atoms with Crippen molar-refractivity contribution >= 4 is 11.9 Å². The van der Waals surface area contributed by atoms with Crippen molar-refractivity contribution < 1.29 is 23.6 Å². The second-order valence-corrected chi connectivity index (χ2v) is 6.58. The van der Waals surface area contributed by atoms with Gasteiger partial charge in [-0.3, -0.25) is 4.79 Å². The van der Waals surface area contributed by atoms with Crippen molar-refractivity contribution in [2.45, 2.75) is 58.3 Å². The van der Waals surface area contributed by atoms with E-state index in [2.05, 4.69) is 15.5 Å². The van der Waals surface area contributed by atoms with Crippen LogP contribution in [0, 0.1) is 6.92 Å². The standard InChI is InChI=1S/C19H23N3O5/c1-12(18(23)21-15-5-3-4-6-15)26-19(24)14-7-9-16(10-8-14)25-11-17-20-13(2)27-22-17/h7-10,12,15H,3-6,11H2,1-2H3,(H,21,23)/t12-/m1/s1. The Balaban J connectivity index is 1.48. The molecule has 0 unspecified atom stereocenters. The number of ether oxygens (including phenoxy) is 2. The zero-order chi connectivity index (χ0) is 19.2. The Morgan fingerprint density at radius 1 is 1.26 bits per heavy atom. The van der Waals surface area contributed by atoms with E-state index in [1.165, 1.54) is 0 Å². The van der Waals surface area contributed by atoms with Gasteiger partial charge in [0.1, 0.15) is 5.75 Å². The Morgan fingerprint density at radius 3 is 2.59 bits per heavy atom. The average molecular weight is 373 g/mol. The van der Waals surface area contributed by atoms with Gasteiger partial charge in [-0.05, 0) is 44.0 Å². The lowest BCUT2D eigenvalue weighted by Gasteiger charge is -2.17. The van der Waals surface area contributed by atoms with Crippen molar-refractivity contribution in [3.05, 3.63) is 41.5 Å². The van der Waals surface area contributed by atoms with Crippen LogP contribution in [0.5, 0.6) is 5.75 Å². The van der Waals surface area contributed by atoms with Crippen molar-refractivity contribution in [2.75, 3.05) is 0 Å². The van der Waals surface area contributed by atoms with Gasteiger partial charge in [0.25, 0.3) is 5.91 Å². The summed E-state index contributed by atoms with van der Waals surface area (Å²) in [6.07, 6.45) is 3.38. The molecule has 1 saturated carbocycles. The van der Waals surface area contributed by atoms with Crippen LogP contribution in [0.2, 0.25) is 0 Å². The Labute approximate surface area is 157 Å². The molecule has 1 aliphatic rings. The number of amides is 1. The minimum Gasteiger partial charge on any atom is -0.485 e. The number of nitrogens with one attached hydrogen (secondary N) is 1. The Kier molecular flexibility index (Phi) is 6.05. The molecule has 0 aliphatic heterocycles. The number of rotatable bonds is 7. The zero-order valence-electron chi connectivity index (χ0n) is 15.4. The number of hydrogen-bond donors (Lipinski definition) is 1. The predicted octanol–water partition coefficient (Wildman–Crippen LogP) is 2.56. The Hall–Kier alpha value is -2.90. The molecule has 8 heteroatoms. The van der Waals surface area contributed by atoms with E-state index in [1.807, 2.05) is 0 Å². The van der Waals surface area contributed by atoms with Crippen molar-refractivity contribution in [1.29, 1.82) is 0 Å². The van der Waals surface area contributed by atoms with Crippen LogP contribution in [0.25, 0.3) is 0 Å². The number of benzene rings is 1. The van der Waals surface area contributed by atoms with Crippen LogP contribution in [0.1, 0.15) is 54.7 Å². The number of aromatic nitrogens is 2. The molecule has 27 heavy (non-hydrogen) atoms. The molecular weight excluding hydrogens is 350 g/mol. The highest BCUT2D eigenvalue weighted by atomic mass is 16.5. The third kappa shape index (κ3) is 5.29. The highest BCUT2D eigenvalue weighted by molar-refractivity contribution is 5.92.